The largest absolute Gasteiger partial charge is 0.377 e. The van der Waals surface area contributed by atoms with E-state index >= 15 is 0 Å². The van der Waals surface area contributed by atoms with Crippen LogP contribution in [0.3, 0.4) is 0 Å². The molecule has 0 rings (SSSR count). The molecule has 0 radical (unpaired) electrons. The molecule has 2 N–H and O–H groups in total. The van der Waals surface area contributed by atoms with Crippen LogP contribution in [0.4, 0.5) is 0 Å². The highest BCUT2D eigenvalue weighted by Gasteiger charge is 2.03. The molecule has 0 bridgehead atoms. The smallest absolute Gasteiger partial charge is 0.0697 e. The van der Waals surface area contributed by atoms with Crippen LogP contribution in [0.2, 0.25) is 0 Å². The van der Waals surface area contributed by atoms with Gasteiger partial charge in [-0.2, -0.15) is 0 Å². The highest BCUT2D eigenvalue weighted by atomic mass is 16.5. The van der Waals surface area contributed by atoms with Gasteiger partial charge in [-0.1, -0.05) is 26.7 Å². The van der Waals surface area contributed by atoms with E-state index < -0.39 is 0 Å². The molecule has 68 valence electrons. The van der Waals surface area contributed by atoms with Crippen LogP contribution in [0.15, 0.2) is 0 Å². The third kappa shape index (κ3) is 6.32. The summed E-state index contributed by atoms with van der Waals surface area (Å²) < 4.78 is 5.55. The summed E-state index contributed by atoms with van der Waals surface area (Å²) in [6.45, 7) is 5.86. The molecule has 0 aromatic carbocycles. The Morgan fingerprint density at radius 2 is 2.00 bits per heavy atom. The van der Waals surface area contributed by atoms with Crippen LogP contribution in [-0.4, -0.2) is 19.3 Å². The first-order chi connectivity index (χ1) is 5.35. The van der Waals surface area contributed by atoms with Crippen molar-refractivity contribution in [1.82, 2.24) is 0 Å². The van der Waals surface area contributed by atoms with Gasteiger partial charge in [-0.25, -0.2) is 0 Å². The minimum absolute atomic E-state index is 0.298. The van der Waals surface area contributed by atoms with E-state index in [1.54, 1.807) is 0 Å². The molecule has 2 nitrogen and oxygen atoms in total. The maximum atomic E-state index is 5.55. The Hall–Kier alpha value is -0.0800. The molecule has 1 unspecified atom stereocenters. The minimum atomic E-state index is 0.298. The van der Waals surface area contributed by atoms with Crippen molar-refractivity contribution >= 4 is 0 Å². The van der Waals surface area contributed by atoms with Gasteiger partial charge in [0.2, 0.25) is 0 Å². The van der Waals surface area contributed by atoms with Gasteiger partial charge in [-0.3, -0.25) is 0 Å². The van der Waals surface area contributed by atoms with E-state index in [-0.39, 0.29) is 0 Å². The second kappa shape index (κ2) is 8.02. The van der Waals surface area contributed by atoms with E-state index in [2.05, 4.69) is 13.8 Å². The van der Waals surface area contributed by atoms with E-state index in [9.17, 15) is 0 Å². The van der Waals surface area contributed by atoms with Gasteiger partial charge in [0.25, 0.3) is 0 Å². The Labute approximate surface area is 70.1 Å². The topological polar surface area (TPSA) is 35.2 Å². The second-order valence-electron chi connectivity index (χ2n) is 2.87. The summed E-state index contributed by atoms with van der Waals surface area (Å²) in [7, 11) is 0. The van der Waals surface area contributed by atoms with Crippen molar-refractivity contribution < 1.29 is 4.74 Å². The first kappa shape index (κ1) is 10.9. The van der Waals surface area contributed by atoms with Crippen molar-refractivity contribution in [1.29, 1.82) is 0 Å². The molecule has 1 atom stereocenters. The van der Waals surface area contributed by atoms with E-state index in [1.165, 1.54) is 6.42 Å². The second-order valence-corrected chi connectivity index (χ2v) is 2.87. The van der Waals surface area contributed by atoms with Crippen molar-refractivity contribution in [2.24, 2.45) is 5.73 Å². The Morgan fingerprint density at radius 3 is 2.45 bits per heavy atom. The Bertz CT molecular complexity index is 76.0. The molecule has 0 fully saturated rings. The quantitative estimate of drug-likeness (QED) is 0.576. The lowest BCUT2D eigenvalue weighted by Crippen LogP contribution is -2.23. The first-order valence-electron chi connectivity index (χ1n) is 4.66. The highest BCUT2D eigenvalue weighted by molar-refractivity contribution is 4.56. The van der Waals surface area contributed by atoms with Gasteiger partial charge >= 0.3 is 0 Å². The molecule has 0 saturated heterocycles. The van der Waals surface area contributed by atoms with Crippen LogP contribution in [0.1, 0.15) is 39.5 Å². The van der Waals surface area contributed by atoms with E-state index in [4.69, 9.17) is 10.5 Å². The van der Waals surface area contributed by atoms with Gasteiger partial charge in [-0.05, 0) is 12.8 Å². The lowest BCUT2D eigenvalue weighted by atomic mass is 10.2. The van der Waals surface area contributed by atoms with Gasteiger partial charge < -0.3 is 10.5 Å². The third-order valence-electron chi connectivity index (χ3n) is 1.72. The summed E-state index contributed by atoms with van der Waals surface area (Å²) in [6, 6.07) is 0. The fraction of sp³-hybridized carbons (Fsp3) is 1.00. The van der Waals surface area contributed by atoms with Crippen LogP contribution in [0.5, 0.6) is 0 Å². The molecule has 0 spiro atoms. The fourth-order valence-electron chi connectivity index (χ4n) is 0.986. The summed E-state index contributed by atoms with van der Waals surface area (Å²) in [5.41, 5.74) is 5.52. The zero-order valence-electron chi connectivity index (χ0n) is 7.81. The average Bonchev–Trinajstić information content (AvgIpc) is 2.03. The summed E-state index contributed by atoms with van der Waals surface area (Å²) >= 11 is 0. The number of ether oxygens (including phenoxy) is 1. The summed E-state index contributed by atoms with van der Waals surface area (Å²) in [5, 5.41) is 0. The molecule has 2 heteroatoms. The van der Waals surface area contributed by atoms with Gasteiger partial charge in [-0.15, -0.1) is 0 Å². The number of hydrogen-bond acceptors (Lipinski definition) is 2. The first-order valence-corrected chi connectivity index (χ1v) is 4.66. The third-order valence-corrected chi connectivity index (χ3v) is 1.72. The standard InChI is InChI=1S/C9H21NO/c1-3-5-7-11-9(8-10)6-4-2/h9H,3-8,10H2,1-2H3. The molecule has 0 aliphatic rings. The molecule has 0 aromatic rings. The van der Waals surface area contributed by atoms with Crippen LogP contribution in [-0.2, 0) is 4.74 Å². The zero-order chi connectivity index (χ0) is 8.53. The molecule has 0 aliphatic heterocycles. The summed E-state index contributed by atoms with van der Waals surface area (Å²) in [4.78, 5) is 0. The molecule has 11 heavy (non-hydrogen) atoms. The minimum Gasteiger partial charge on any atom is -0.377 e. The van der Waals surface area contributed by atoms with Crippen molar-refractivity contribution in [2.75, 3.05) is 13.2 Å². The zero-order valence-corrected chi connectivity index (χ0v) is 7.81. The van der Waals surface area contributed by atoms with Crippen molar-refractivity contribution in [2.45, 2.75) is 45.6 Å². The predicted molar refractivity (Wildman–Crippen MR) is 48.6 cm³/mol. The lowest BCUT2D eigenvalue weighted by Gasteiger charge is -2.14. The molecule has 0 heterocycles. The Morgan fingerprint density at radius 1 is 1.27 bits per heavy atom. The van der Waals surface area contributed by atoms with Crippen molar-refractivity contribution in [3.05, 3.63) is 0 Å². The van der Waals surface area contributed by atoms with Gasteiger partial charge in [0.15, 0.2) is 0 Å². The van der Waals surface area contributed by atoms with E-state index in [0.717, 1.165) is 25.9 Å². The van der Waals surface area contributed by atoms with Gasteiger partial charge in [0, 0.05) is 13.2 Å². The average molecular weight is 159 g/mol. The van der Waals surface area contributed by atoms with E-state index in [0.29, 0.717) is 12.6 Å². The van der Waals surface area contributed by atoms with Crippen LogP contribution >= 0.6 is 0 Å². The Balaban J connectivity index is 3.20. The molecule has 0 amide bonds. The summed E-state index contributed by atoms with van der Waals surface area (Å²) in [5.74, 6) is 0. The monoisotopic (exact) mass is 159 g/mol. The highest BCUT2D eigenvalue weighted by Crippen LogP contribution is 2.01. The lowest BCUT2D eigenvalue weighted by molar-refractivity contribution is 0.0511. The number of nitrogens with two attached hydrogens (primary N) is 1. The molecule has 0 aromatic heterocycles. The van der Waals surface area contributed by atoms with Gasteiger partial charge in [0.05, 0.1) is 6.10 Å². The van der Waals surface area contributed by atoms with Crippen LogP contribution in [0.25, 0.3) is 0 Å². The molecule has 0 saturated carbocycles. The van der Waals surface area contributed by atoms with Crippen molar-refractivity contribution in [3.63, 3.8) is 0 Å². The molecular weight excluding hydrogens is 138 g/mol. The Kier molecular flexibility index (Phi) is 7.96. The maximum absolute atomic E-state index is 5.55. The van der Waals surface area contributed by atoms with E-state index in [1.807, 2.05) is 0 Å². The number of unbranched alkanes of at least 4 members (excludes halogenated alkanes) is 1. The van der Waals surface area contributed by atoms with Gasteiger partial charge in [0.1, 0.15) is 0 Å². The molecular formula is C9H21NO. The summed E-state index contributed by atoms with van der Waals surface area (Å²) in [6.07, 6.45) is 4.91. The molecule has 0 aliphatic carbocycles. The fourth-order valence-corrected chi connectivity index (χ4v) is 0.986. The van der Waals surface area contributed by atoms with Crippen LogP contribution in [0, 0.1) is 0 Å². The number of hydrogen-bond donors (Lipinski definition) is 1. The normalized spacial score (nSPS) is 13.4. The predicted octanol–water partition coefficient (Wildman–Crippen LogP) is 1.93. The van der Waals surface area contributed by atoms with Crippen LogP contribution < -0.4 is 5.73 Å². The number of rotatable bonds is 7. The maximum Gasteiger partial charge on any atom is 0.0697 e. The van der Waals surface area contributed by atoms with Crippen molar-refractivity contribution in [3.8, 4) is 0 Å². The SMILES string of the molecule is CCCCOC(CN)CCC.